The molecule has 2 aromatic carbocycles. The van der Waals surface area contributed by atoms with Crippen LogP contribution in [0.1, 0.15) is 29.5 Å². The van der Waals surface area contributed by atoms with E-state index >= 15 is 0 Å². The Morgan fingerprint density at radius 2 is 1.47 bits per heavy atom. The van der Waals surface area contributed by atoms with Crippen LogP contribution in [0.2, 0.25) is 0 Å². The van der Waals surface area contributed by atoms with Crippen LogP contribution in [0, 0.1) is 0 Å². The molecule has 1 saturated carbocycles. The van der Waals surface area contributed by atoms with Crippen molar-refractivity contribution in [3.05, 3.63) is 76.4 Å². The largest absolute Gasteiger partial charge is 0.378 e. The highest BCUT2D eigenvalue weighted by atomic mass is 16.2. The zero-order valence-corrected chi connectivity index (χ0v) is 19.2. The lowest BCUT2D eigenvalue weighted by atomic mass is 9.83. The van der Waals surface area contributed by atoms with E-state index in [1.54, 1.807) is 7.05 Å². The van der Waals surface area contributed by atoms with Gasteiger partial charge in [-0.2, -0.15) is 0 Å². The second-order valence-electron chi connectivity index (χ2n) is 8.25. The molecule has 32 heavy (non-hydrogen) atoms. The van der Waals surface area contributed by atoms with E-state index in [9.17, 15) is 9.59 Å². The highest BCUT2D eigenvalue weighted by Gasteiger charge is 2.28. The monoisotopic (exact) mass is 432 g/mol. The van der Waals surface area contributed by atoms with Crippen LogP contribution in [-0.2, 0) is 11.3 Å². The normalized spacial score (nSPS) is 18.6. The number of carbonyl (C=O) groups is 2. The number of carbonyl (C=O) groups excluding carboxylic acids is 2. The van der Waals surface area contributed by atoms with Crippen LogP contribution in [0.25, 0.3) is 12.2 Å². The molecule has 0 radical (unpaired) electrons. The van der Waals surface area contributed by atoms with Crippen LogP contribution in [-0.4, -0.2) is 46.0 Å². The lowest BCUT2D eigenvalue weighted by Crippen LogP contribution is -2.43. The third-order valence-corrected chi connectivity index (χ3v) is 5.53. The minimum Gasteiger partial charge on any atom is -0.378 e. The van der Waals surface area contributed by atoms with Gasteiger partial charge in [0.05, 0.1) is 0 Å². The molecule has 6 nitrogen and oxygen atoms in total. The van der Waals surface area contributed by atoms with Crippen LogP contribution in [0.3, 0.4) is 0 Å². The number of amides is 2. The summed E-state index contributed by atoms with van der Waals surface area (Å²) in [4.78, 5) is 27.3. The number of benzene rings is 2. The number of ketones is 1. The van der Waals surface area contributed by atoms with Crippen molar-refractivity contribution in [1.29, 1.82) is 0 Å². The van der Waals surface area contributed by atoms with E-state index in [0.717, 1.165) is 23.4 Å². The lowest BCUT2D eigenvalue weighted by molar-refractivity contribution is -0.113. The van der Waals surface area contributed by atoms with Crippen LogP contribution >= 0.6 is 0 Å². The number of anilines is 1. The van der Waals surface area contributed by atoms with Crippen molar-refractivity contribution in [2.75, 3.05) is 33.1 Å². The summed E-state index contributed by atoms with van der Waals surface area (Å²) >= 11 is 0. The number of Topliss-reactive ketones (excluding diaryl/α,β-unsaturated/α-hetero) is 1. The van der Waals surface area contributed by atoms with E-state index in [0.29, 0.717) is 24.0 Å². The summed E-state index contributed by atoms with van der Waals surface area (Å²) in [7, 11) is 7.50. The molecule has 0 bridgehead atoms. The quantitative estimate of drug-likeness (QED) is 0.610. The van der Waals surface area contributed by atoms with E-state index < -0.39 is 0 Å². The molecule has 1 fully saturated rings. The second-order valence-corrected chi connectivity index (χ2v) is 8.25. The molecule has 0 spiro atoms. The van der Waals surface area contributed by atoms with Crippen molar-refractivity contribution in [3.63, 3.8) is 0 Å². The number of hydrogen-bond donors (Lipinski definition) is 3. The number of hydrogen-bond acceptors (Lipinski definition) is 4. The first-order chi connectivity index (χ1) is 15.4. The first kappa shape index (κ1) is 23.3. The molecule has 1 aliphatic carbocycles. The summed E-state index contributed by atoms with van der Waals surface area (Å²) < 4.78 is 0. The van der Waals surface area contributed by atoms with Crippen molar-refractivity contribution in [2.45, 2.75) is 25.4 Å². The van der Waals surface area contributed by atoms with Gasteiger partial charge in [0.2, 0.25) is 0 Å². The highest BCUT2D eigenvalue weighted by Crippen LogP contribution is 2.29. The molecule has 1 unspecified atom stereocenters. The predicted octanol–water partition coefficient (Wildman–Crippen LogP) is 3.60. The van der Waals surface area contributed by atoms with Gasteiger partial charge >= 0.3 is 6.03 Å². The molecule has 2 amide bonds. The molecular formula is C26H32N4O2. The first-order valence-electron chi connectivity index (χ1n) is 10.8. The molecule has 3 rings (SSSR count). The van der Waals surface area contributed by atoms with Crippen molar-refractivity contribution < 1.29 is 9.59 Å². The average Bonchev–Trinajstić information content (AvgIpc) is 2.78. The van der Waals surface area contributed by atoms with Gasteiger partial charge in [0.15, 0.2) is 5.78 Å². The van der Waals surface area contributed by atoms with Gasteiger partial charge in [-0.25, -0.2) is 4.79 Å². The van der Waals surface area contributed by atoms with E-state index in [4.69, 9.17) is 0 Å². The Bertz CT molecular complexity index is 1010. The van der Waals surface area contributed by atoms with Crippen molar-refractivity contribution in [3.8, 4) is 0 Å². The average molecular weight is 433 g/mol. The minimum absolute atomic E-state index is 0.0379. The van der Waals surface area contributed by atoms with Gasteiger partial charge in [-0.1, -0.05) is 36.4 Å². The van der Waals surface area contributed by atoms with Crippen molar-refractivity contribution in [1.82, 2.24) is 16.0 Å². The van der Waals surface area contributed by atoms with E-state index in [-0.39, 0.29) is 17.9 Å². The Hall–Kier alpha value is -3.38. The Morgan fingerprint density at radius 1 is 0.938 bits per heavy atom. The van der Waals surface area contributed by atoms with Gasteiger partial charge in [-0.05, 0) is 60.9 Å². The third kappa shape index (κ3) is 6.08. The number of urea groups is 1. The Labute approximate surface area is 190 Å². The predicted molar refractivity (Wildman–Crippen MR) is 132 cm³/mol. The fourth-order valence-corrected chi connectivity index (χ4v) is 3.81. The number of nitrogens with zero attached hydrogens (tertiary/aromatic N) is 1. The molecule has 0 saturated heterocycles. The van der Waals surface area contributed by atoms with Crippen molar-refractivity contribution >= 4 is 29.7 Å². The van der Waals surface area contributed by atoms with Gasteiger partial charge in [0.25, 0.3) is 0 Å². The zero-order chi connectivity index (χ0) is 23.1. The van der Waals surface area contributed by atoms with Crippen molar-refractivity contribution in [2.24, 2.45) is 0 Å². The van der Waals surface area contributed by atoms with Crippen LogP contribution < -0.4 is 20.9 Å². The minimum atomic E-state index is -0.241. The van der Waals surface area contributed by atoms with Gasteiger partial charge in [-0.3, -0.25) is 4.79 Å². The summed E-state index contributed by atoms with van der Waals surface area (Å²) in [6.07, 6.45) is 4.87. The van der Waals surface area contributed by atoms with Crippen LogP contribution in [0.15, 0.2) is 59.7 Å². The number of nitrogens with one attached hydrogen (secondary N) is 3. The van der Waals surface area contributed by atoms with Crippen LogP contribution in [0.5, 0.6) is 0 Å². The fourth-order valence-electron chi connectivity index (χ4n) is 3.81. The molecular weight excluding hydrogens is 400 g/mol. The SMILES string of the molecule is CNCc1ccc(C=C2CC(NC(=O)NC)CC(=Cc3ccc(N(C)C)cc3)C2=O)cc1. The topological polar surface area (TPSA) is 73.5 Å². The van der Waals surface area contributed by atoms with Gasteiger partial charge < -0.3 is 20.9 Å². The molecule has 0 aliphatic heterocycles. The van der Waals surface area contributed by atoms with Gasteiger partial charge in [0, 0.05) is 50.6 Å². The van der Waals surface area contributed by atoms with E-state index in [2.05, 4.69) is 28.1 Å². The molecule has 0 aromatic heterocycles. The maximum atomic E-state index is 13.3. The third-order valence-electron chi connectivity index (χ3n) is 5.53. The Balaban J connectivity index is 1.90. The highest BCUT2D eigenvalue weighted by molar-refractivity contribution is 6.14. The number of rotatable bonds is 6. The molecule has 0 heterocycles. The maximum Gasteiger partial charge on any atom is 0.314 e. The Kier molecular flexibility index (Phi) is 7.84. The standard InChI is InChI=1S/C26H32N4O2/c1-27-17-20-7-5-18(6-8-20)13-21-15-23(29-26(32)28-2)16-22(25(21)31)14-19-9-11-24(12-10-19)30(3)4/h5-14,23,27H,15-17H2,1-4H3,(H2,28,29,32). The maximum absolute atomic E-state index is 13.3. The Morgan fingerprint density at radius 3 is 1.94 bits per heavy atom. The fraction of sp³-hybridized carbons (Fsp3) is 0.308. The van der Waals surface area contributed by atoms with E-state index in [1.165, 1.54) is 5.56 Å². The lowest BCUT2D eigenvalue weighted by Gasteiger charge is -2.26. The first-order valence-corrected chi connectivity index (χ1v) is 10.8. The molecule has 1 atom stereocenters. The molecule has 1 aliphatic rings. The summed E-state index contributed by atoms with van der Waals surface area (Å²) in [5.41, 5.74) is 5.64. The molecule has 168 valence electrons. The smallest absolute Gasteiger partial charge is 0.314 e. The van der Waals surface area contributed by atoms with Crippen LogP contribution in [0.4, 0.5) is 10.5 Å². The second kappa shape index (κ2) is 10.8. The van der Waals surface area contributed by atoms with Gasteiger partial charge in [0.1, 0.15) is 0 Å². The summed E-state index contributed by atoms with van der Waals surface area (Å²) in [5, 5.41) is 8.71. The summed E-state index contributed by atoms with van der Waals surface area (Å²) in [5.74, 6) is 0.0379. The van der Waals surface area contributed by atoms with Gasteiger partial charge in [-0.15, -0.1) is 0 Å². The molecule has 3 N–H and O–H groups in total. The molecule has 6 heteroatoms. The van der Waals surface area contributed by atoms with E-state index in [1.807, 2.05) is 74.6 Å². The summed E-state index contributed by atoms with van der Waals surface area (Å²) in [6, 6.07) is 15.8. The molecule has 2 aromatic rings. The zero-order valence-electron chi connectivity index (χ0n) is 19.2. The summed E-state index contributed by atoms with van der Waals surface area (Å²) in [6.45, 7) is 0.799.